The Morgan fingerprint density at radius 2 is 1.96 bits per heavy atom. The van der Waals surface area contributed by atoms with Gasteiger partial charge < -0.3 is 15.4 Å². The van der Waals surface area contributed by atoms with E-state index in [0.717, 1.165) is 4.90 Å². The molecule has 2 atom stereocenters. The number of nitrogens with one attached hydrogen (secondary N) is 2. The van der Waals surface area contributed by atoms with Crippen LogP contribution in [0.2, 0.25) is 0 Å². The molecule has 8 heteroatoms. The molecule has 1 heterocycles. The Bertz CT molecular complexity index is 532. The van der Waals surface area contributed by atoms with E-state index in [9.17, 15) is 19.2 Å². The van der Waals surface area contributed by atoms with Gasteiger partial charge in [0.15, 0.2) is 0 Å². The van der Waals surface area contributed by atoms with Crippen LogP contribution in [0.25, 0.3) is 0 Å². The summed E-state index contributed by atoms with van der Waals surface area (Å²) in [4.78, 5) is 47.9. The minimum absolute atomic E-state index is 0.0751. The maximum absolute atomic E-state index is 12.1. The van der Waals surface area contributed by atoms with Gasteiger partial charge in [-0.1, -0.05) is 6.92 Å². The van der Waals surface area contributed by atoms with Gasteiger partial charge in [-0.2, -0.15) is 0 Å². The van der Waals surface area contributed by atoms with Crippen LogP contribution < -0.4 is 10.6 Å². The Morgan fingerprint density at radius 3 is 2.48 bits per heavy atom. The smallest absolute Gasteiger partial charge is 0.316 e. The van der Waals surface area contributed by atoms with Crippen LogP contribution in [0.4, 0.5) is 4.79 Å². The van der Waals surface area contributed by atoms with Crippen LogP contribution in [0.1, 0.15) is 53.9 Å². The normalized spacial score (nSPS) is 19.1. The summed E-state index contributed by atoms with van der Waals surface area (Å²) in [6.45, 7) is 9.28. The predicted octanol–water partition coefficient (Wildman–Crippen LogP) is 1.19. The summed E-state index contributed by atoms with van der Waals surface area (Å²) in [5, 5.41) is 5.43. The summed E-state index contributed by atoms with van der Waals surface area (Å²) in [6, 6.07) is -0.457. The number of hydrogen-bond donors (Lipinski definition) is 2. The van der Waals surface area contributed by atoms with E-state index in [0.29, 0.717) is 26.1 Å². The standard InChI is InChI=1S/C17H29N3O5/c1-11-10-14(22)20(15(11)23)13(3)18-16(24)19-17(4,5)7-9-25-8-6-12(2)21/h11,13H,6-10H2,1-5H3,(H2,18,19,24). The first-order valence-corrected chi connectivity index (χ1v) is 8.55. The van der Waals surface area contributed by atoms with Gasteiger partial charge in [-0.3, -0.25) is 19.3 Å². The van der Waals surface area contributed by atoms with E-state index in [1.54, 1.807) is 13.8 Å². The monoisotopic (exact) mass is 355 g/mol. The Morgan fingerprint density at radius 1 is 1.32 bits per heavy atom. The fourth-order valence-corrected chi connectivity index (χ4v) is 2.52. The summed E-state index contributed by atoms with van der Waals surface area (Å²) in [5.41, 5.74) is -0.535. The number of imide groups is 1. The highest BCUT2D eigenvalue weighted by Gasteiger charge is 2.39. The van der Waals surface area contributed by atoms with Crippen molar-refractivity contribution < 1.29 is 23.9 Å². The molecule has 8 nitrogen and oxygen atoms in total. The Hall–Kier alpha value is -1.96. The van der Waals surface area contributed by atoms with Gasteiger partial charge in [-0.05, 0) is 34.1 Å². The maximum Gasteiger partial charge on any atom is 0.316 e. The lowest BCUT2D eigenvalue weighted by atomic mass is 10.0. The van der Waals surface area contributed by atoms with Crippen molar-refractivity contribution in [3.8, 4) is 0 Å². The zero-order chi connectivity index (χ0) is 19.2. The van der Waals surface area contributed by atoms with Crippen LogP contribution in [-0.4, -0.2) is 53.4 Å². The highest BCUT2D eigenvalue weighted by molar-refractivity contribution is 6.03. The Kier molecular flexibility index (Phi) is 7.54. The molecule has 1 fully saturated rings. The molecule has 2 unspecified atom stereocenters. The molecule has 4 amide bonds. The molecule has 1 saturated heterocycles. The number of Topliss-reactive ketones (excluding diaryl/α,β-unsaturated/α-hetero) is 1. The summed E-state index contributed by atoms with van der Waals surface area (Å²) in [6.07, 6.45) is 0.413. The average Bonchev–Trinajstić information content (AvgIpc) is 2.70. The number of rotatable bonds is 9. The molecule has 0 aliphatic carbocycles. The number of likely N-dealkylation sites (tertiary alicyclic amines) is 1. The first-order valence-electron chi connectivity index (χ1n) is 8.55. The number of carbonyl (C=O) groups is 4. The van der Waals surface area contributed by atoms with Gasteiger partial charge in [0.1, 0.15) is 11.9 Å². The minimum atomic E-state index is -0.701. The predicted molar refractivity (Wildman–Crippen MR) is 91.6 cm³/mol. The quantitative estimate of drug-likeness (QED) is 0.477. The average molecular weight is 355 g/mol. The summed E-state index contributed by atoms with van der Waals surface area (Å²) >= 11 is 0. The lowest BCUT2D eigenvalue weighted by Crippen LogP contribution is -2.55. The van der Waals surface area contributed by atoms with Gasteiger partial charge in [-0.25, -0.2) is 4.79 Å². The molecule has 1 aliphatic rings. The largest absolute Gasteiger partial charge is 0.381 e. The van der Waals surface area contributed by atoms with Crippen molar-refractivity contribution in [3.63, 3.8) is 0 Å². The molecule has 1 rings (SSSR count). The van der Waals surface area contributed by atoms with Gasteiger partial charge in [0, 0.05) is 30.9 Å². The second-order valence-corrected chi connectivity index (χ2v) is 7.18. The van der Waals surface area contributed by atoms with Crippen molar-refractivity contribution in [2.24, 2.45) is 5.92 Å². The molecule has 0 aromatic carbocycles. The maximum atomic E-state index is 12.1. The zero-order valence-corrected chi connectivity index (χ0v) is 15.7. The van der Waals surface area contributed by atoms with Crippen molar-refractivity contribution in [2.75, 3.05) is 13.2 Å². The number of carbonyl (C=O) groups excluding carboxylic acids is 4. The second kappa shape index (κ2) is 8.94. The molecule has 0 radical (unpaired) electrons. The minimum Gasteiger partial charge on any atom is -0.381 e. The number of ketones is 1. The fraction of sp³-hybridized carbons (Fsp3) is 0.765. The van der Waals surface area contributed by atoms with Gasteiger partial charge in [0.2, 0.25) is 11.8 Å². The Labute approximate surface area is 148 Å². The van der Waals surface area contributed by atoms with E-state index in [4.69, 9.17) is 4.74 Å². The van der Waals surface area contributed by atoms with E-state index in [1.165, 1.54) is 6.92 Å². The molecule has 0 saturated carbocycles. The molecule has 0 aromatic rings. The highest BCUT2D eigenvalue weighted by Crippen LogP contribution is 2.20. The van der Waals surface area contributed by atoms with Crippen LogP contribution in [0.5, 0.6) is 0 Å². The molecular formula is C17H29N3O5. The van der Waals surface area contributed by atoms with Crippen LogP contribution >= 0.6 is 0 Å². The SMILES string of the molecule is CC(=O)CCOCCC(C)(C)NC(=O)NC(C)N1C(=O)CC(C)C1=O. The highest BCUT2D eigenvalue weighted by atomic mass is 16.5. The molecule has 0 spiro atoms. The zero-order valence-electron chi connectivity index (χ0n) is 15.7. The van der Waals surface area contributed by atoms with E-state index >= 15 is 0 Å². The van der Waals surface area contributed by atoms with Gasteiger partial charge in [0.05, 0.1) is 6.61 Å². The number of nitrogens with zero attached hydrogens (tertiary/aromatic N) is 1. The molecule has 0 aromatic heterocycles. The molecule has 142 valence electrons. The third kappa shape index (κ3) is 6.81. The van der Waals surface area contributed by atoms with E-state index in [2.05, 4.69) is 10.6 Å². The summed E-state index contributed by atoms with van der Waals surface area (Å²) in [7, 11) is 0. The lowest BCUT2D eigenvalue weighted by molar-refractivity contribution is -0.141. The third-order valence-corrected chi connectivity index (χ3v) is 4.06. The topological polar surface area (TPSA) is 105 Å². The van der Waals surface area contributed by atoms with Gasteiger partial charge in [0.25, 0.3) is 0 Å². The number of hydrogen-bond acceptors (Lipinski definition) is 5. The number of amides is 4. The fourth-order valence-electron chi connectivity index (χ4n) is 2.52. The van der Waals surface area contributed by atoms with Gasteiger partial charge in [-0.15, -0.1) is 0 Å². The molecule has 25 heavy (non-hydrogen) atoms. The lowest BCUT2D eigenvalue weighted by Gasteiger charge is -2.29. The van der Waals surface area contributed by atoms with Crippen molar-refractivity contribution in [3.05, 3.63) is 0 Å². The summed E-state index contributed by atoms with van der Waals surface area (Å²) < 4.78 is 5.37. The van der Waals surface area contributed by atoms with Crippen molar-refractivity contribution in [2.45, 2.75) is 65.6 Å². The van der Waals surface area contributed by atoms with Crippen molar-refractivity contribution >= 4 is 23.6 Å². The molecule has 0 bridgehead atoms. The molecular weight excluding hydrogens is 326 g/mol. The first kappa shape index (κ1) is 21.1. The number of urea groups is 1. The second-order valence-electron chi connectivity index (χ2n) is 7.18. The van der Waals surface area contributed by atoms with E-state index in [1.807, 2.05) is 13.8 Å². The summed E-state index contributed by atoms with van der Waals surface area (Å²) in [5.74, 6) is -0.811. The number of ether oxygens (including phenoxy) is 1. The first-order chi connectivity index (χ1) is 11.5. The Balaban J connectivity index is 2.40. The van der Waals surface area contributed by atoms with Crippen LogP contribution in [0.15, 0.2) is 0 Å². The van der Waals surface area contributed by atoms with Crippen LogP contribution in [0, 0.1) is 5.92 Å². The van der Waals surface area contributed by atoms with E-state index in [-0.39, 0.29) is 29.9 Å². The third-order valence-electron chi connectivity index (χ3n) is 4.06. The van der Waals surface area contributed by atoms with Crippen molar-refractivity contribution in [1.29, 1.82) is 0 Å². The van der Waals surface area contributed by atoms with Gasteiger partial charge >= 0.3 is 6.03 Å². The van der Waals surface area contributed by atoms with Crippen molar-refractivity contribution in [1.82, 2.24) is 15.5 Å². The van der Waals surface area contributed by atoms with Crippen LogP contribution in [0.3, 0.4) is 0 Å². The van der Waals surface area contributed by atoms with E-state index < -0.39 is 17.7 Å². The molecule has 1 aliphatic heterocycles. The van der Waals surface area contributed by atoms with Crippen LogP contribution in [-0.2, 0) is 19.1 Å². The molecule has 2 N–H and O–H groups in total.